The minimum Gasteiger partial charge on any atom is -0.396 e. The monoisotopic (exact) mass is 126 g/mol. The maximum atomic E-state index is 8.17. The summed E-state index contributed by atoms with van der Waals surface area (Å²) in [6, 6.07) is 0. The van der Waals surface area contributed by atoms with Crippen molar-refractivity contribution in [3.63, 3.8) is 0 Å². The van der Waals surface area contributed by atoms with Gasteiger partial charge in [0.25, 0.3) is 0 Å². The van der Waals surface area contributed by atoms with Gasteiger partial charge in [-0.05, 0) is 0 Å². The molecule has 0 aliphatic heterocycles. The molecular formula is C4H11ClO2. The van der Waals surface area contributed by atoms with Gasteiger partial charge < -0.3 is 10.2 Å². The highest BCUT2D eigenvalue weighted by molar-refractivity contribution is 5.85. The Balaban J connectivity index is 0. The van der Waals surface area contributed by atoms with Crippen LogP contribution in [-0.4, -0.2) is 23.4 Å². The zero-order valence-corrected chi connectivity index (χ0v) is 5.11. The molecule has 0 atom stereocenters. The van der Waals surface area contributed by atoms with Crippen molar-refractivity contribution in [2.75, 3.05) is 13.2 Å². The number of halogens is 1. The summed E-state index contributed by atoms with van der Waals surface area (Å²) in [7, 11) is 0. The lowest BCUT2D eigenvalue weighted by Crippen LogP contribution is -2.04. The van der Waals surface area contributed by atoms with Gasteiger partial charge in [0.2, 0.25) is 0 Å². The molecule has 0 rings (SSSR count). The van der Waals surface area contributed by atoms with Gasteiger partial charge in [-0.25, -0.2) is 0 Å². The Hall–Kier alpha value is 0.210. The molecule has 0 aromatic heterocycles. The highest BCUT2D eigenvalue weighted by Crippen LogP contribution is 1.85. The van der Waals surface area contributed by atoms with E-state index in [2.05, 4.69) is 0 Å². The number of rotatable bonds is 2. The summed E-state index contributed by atoms with van der Waals surface area (Å²) in [4.78, 5) is 0. The molecule has 2 N–H and O–H groups in total. The third kappa shape index (κ3) is 6.21. The van der Waals surface area contributed by atoms with E-state index in [0.29, 0.717) is 0 Å². The fourth-order valence-electron chi connectivity index (χ4n) is 0.0577. The Labute approximate surface area is 49.6 Å². The summed E-state index contributed by atoms with van der Waals surface area (Å²) >= 11 is 0. The van der Waals surface area contributed by atoms with E-state index in [1.165, 1.54) is 0 Å². The number of aliphatic hydroxyl groups is 2. The molecule has 0 fully saturated rings. The van der Waals surface area contributed by atoms with Crippen LogP contribution in [0.3, 0.4) is 0 Å². The number of aliphatic hydroxyl groups excluding tert-OH is 2. The molecule has 0 aromatic rings. The van der Waals surface area contributed by atoms with Crippen LogP contribution in [0.15, 0.2) is 0 Å². The van der Waals surface area contributed by atoms with E-state index >= 15 is 0 Å². The molecule has 0 heterocycles. The van der Waals surface area contributed by atoms with E-state index in [-0.39, 0.29) is 31.5 Å². The highest BCUT2D eigenvalue weighted by atomic mass is 35.5. The van der Waals surface area contributed by atoms with Gasteiger partial charge in [0.05, 0.1) is 0 Å². The predicted octanol–water partition coefficient (Wildman–Crippen LogP) is 0.0289. The van der Waals surface area contributed by atoms with Crippen molar-refractivity contribution in [2.45, 2.75) is 6.92 Å². The minimum atomic E-state index is 0. The Morgan fingerprint density at radius 3 is 1.57 bits per heavy atom. The van der Waals surface area contributed by atoms with Crippen molar-refractivity contribution in [1.29, 1.82) is 0 Å². The lowest BCUT2D eigenvalue weighted by atomic mass is 10.2. The first-order valence-electron chi connectivity index (χ1n) is 2.03. The maximum absolute atomic E-state index is 8.17. The molecule has 0 amide bonds. The van der Waals surface area contributed by atoms with Gasteiger partial charge in [0, 0.05) is 19.1 Å². The zero-order valence-electron chi connectivity index (χ0n) is 4.29. The zero-order chi connectivity index (χ0) is 4.99. The van der Waals surface area contributed by atoms with Crippen molar-refractivity contribution in [2.24, 2.45) is 5.92 Å². The first-order valence-corrected chi connectivity index (χ1v) is 2.03. The molecule has 0 saturated carbocycles. The Kier molecular flexibility index (Phi) is 9.09. The topological polar surface area (TPSA) is 40.5 Å². The van der Waals surface area contributed by atoms with Crippen LogP contribution in [0.2, 0.25) is 0 Å². The molecule has 0 aliphatic rings. The van der Waals surface area contributed by atoms with E-state index in [1.807, 2.05) is 0 Å². The van der Waals surface area contributed by atoms with Crippen LogP contribution >= 0.6 is 12.4 Å². The summed E-state index contributed by atoms with van der Waals surface area (Å²) < 4.78 is 0. The largest absolute Gasteiger partial charge is 0.396 e. The van der Waals surface area contributed by atoms with E-state index in [1.54, 1.807) is 6.92 Å². The molecule has 2 nitrogen and oxygen atoms in total. The van der Waals surface area contributed by atoms with E-state index in [9.17, 15) is 0 Å². The van der Waals surface area contributed by atoms with Crippen LogP contribution in [-0.2, 0) is 0 Å². The summed E-state index contributed by atoms with van der Waals surface area (Å²) in [6.07, 6.45) is 0. The van der Waals surface area contributed by atoms with Crippen molar-refractivity contribution in [1.82, 2.24) is 0 Å². The second kappa shape index (κ2) is 6.21. The molecule has 0 bridgehead atoms. The molecule has 46 valence electrons. The van der Waals surface area contributed by atoms with Gasteiger partial charge in [-0.15, -0.1) is 12.4 Å². The van der Waals surface area contributed by atoms with Gasteiger partial charge in [0.15, 0.2) is 0 Å². The minimum absolute atomic E-state index is 0. The van der Waals surface area contributed by atoms with Crippen LogP contribution in [0.25, 0.3) is 0 Å². The first-order chi connectivity index (χ1) is 2.81. The Bertz CT molecular complexity index is 28.9. The average Bonchev–Trinajstić information content (AvgIpc) is 1.65. The lowest BCUT2D eigenvalue weighted by molar-refractivity contribution is 0.162. The quantitative estimate of drug-likeness (QED) is 0.548. The Morgan fingerprint density at radius 1 is 1.29 bits per heavy atom. The predicted molar refractivity (Wildman–Crippen MR) is 30.6 cm³/mol. The van der Waals surface area contributed by atoms with Gasteiger partial charge in [-0.2, -0.15) is 0 Å². The van der Waals surface area contributed by atoms with Crippen LogP contribution in [0.5, 0.6) is 0 Å². The molecule has 3 heteroatoms. The third-order valence-corrected chi connectivity index (χ3v) is 0.623. The second-order valence-corrected chi connectivity index (χ2v) is 1.47. The molecule has 0 spiro atoms. The fourth-order valence-corrected chi connectivity index (χ4v) is 0.0577. The molecule has 0 unspecified atom stereocenters. The van der Waals surface area contributed by atoms with E-state index in [0.717, 1.165) is 0 Å². The summed E-state index contributed by atoms with van der Waals surface area (Å²) in [5, 5.41) is 16.3. The molecule has 0 aliphatic carbocycles. The number of hydrogen-bond donors (Lipinski definition) is 2. The van der Waals surface area contributed by atoms with Crippen LogP contribution in [0.4, 0.5) is 0 Å². The lowest BCUT2D eigenvalue weighted by Gasteiger charge is -1.97. The molecule has 0 aromatic carbocycles. The maximum Gasteiger partial charge on any atom is 0.0478 e. The van der Waals surface area contributed by atoms with Gasteiger partial charge in [0.1, 0.15) is 0 Å². The summed E-state index contributed by atoms with van der Waals surface area (Å²) in [5.41, 5.74) is 0. The normalized spacial score (nSPS) is 8.57. The fraction of sp³-hybridized carbons (Fsp3) is 1.00. The molecular weight excluding hydrogens is 115 g/mol. The summed E-state index contributed by atoms with van der Waals surface area (Å²) in [6.45, 7) is 1.94. The van der Waals surface area contributed by atoms with Crippen LogP contribution in [0, 0.1) is 5.92 Å². The van der Waals surface area contributed by atoms with Gasteiger partial charge in [-0.1, -0.05) is 6.92 Å². The average molecular weight is 127 g/mol. The smallest absolute Gasteiger partial charge is 0.0478 e. The molecule has 7 heavy (non-hydrogen) atoms. The number of hydrogen-bond acceptors (Lipinski definition) is 2. The van der Waals surface area contributed by atoms with E-state index in [4.69, 9.17) is 10.2 Å². The van der Waals surface area contributed by atoms with Crippen molar-refractivity contribution in [3.05, 3.63) is 0 Å². The Morgan fingerprint density at radius 2 is 1.57 bits per heavy atom. The van der Waals surface area contributed by atoms with Crippen molar-refractivity contribution >= 4 is 12.4 Å². The van der Waals surface area contributed by atoms with Crippen LogP contribution in [0.1, 0.15) is 6.92 Å². The molecule has 0 radical (unpaired) electrons. The highest BCUT2D eigenvalue weighted by Gasteiger charge is 1.91. The second-order valence-electron chi connectivity index (χ2n) is 1.47. The van der Waals surface area contributed by atoms with Gasteiger partial charge >= 0.3 is 0 Å². The van der Waals surface area contributed by atoms with Crippen molar-refractivity contribution in [3.8, 4) is 0 Å². The first kappa shape index (κ1) is 10.2. The van der Waals surface area contributed by atoms with Crippen molar-refractivity contribution < 1.29 is 10.2 Å². The standard InChI is InChI=1S/C4H10O2.ClH/c1-4(2-5)3-6;/h4-6H,2-3H2,1H3;1H. The van der Waals surface area contributed by atoms with E-state index < -0.39 is 0 Å². The molecule has 0 saturated heterocycles. The third-order valence-electron chi connectivity index (χ3n) is 0.623. The van der Waals surface area contributed by atoms with Gasteiger partial charge in [-0.3, -0.25) is 0 Å². The summed E-state index contributed by atoms with van der Waals surface area (Å²) in [5.74, 6) is 0.0463. The van der Waals surface area contributed by atoms with Crippen LogP contribution < -0.4 is 0 Å². The SMILES string of the molecule is CC(CO)CO.Cl.